The number of rotatable bonds is 2. The van der Waals surface area contributed by atoms with Gasteiger partial charge in [0.25, 0.3) is 0 Å². The van der Waals surface area contributed by atoms with Crippen molar-refractivity contribution in [1.82, 2.24) is 0 Å². The summed E-state index contributed by atoms with van der Waals surface area (Å²) in [6.45, 7) is 2.59. The maximum absolute atomic E-state index is 10.4. The van der Waals surface area contributed by atoms with Crippen molar-refractivity contribution in [1.29, 1.82) is 0 Å². The van der Waals surface area contributed by atoms with Gasteiger partial charge in [0.1, 0.15) is 17.6 Å². The van der Waals surface area contributed by atoms with Crippen LogP contribution in [0.5, 0.6) is 5.75 Å². The fourth-order valence-electron chi connectivity index (χ4n) is 2.42. The number of aliphatic hydroxyl groups excluding tert-OH is 1. The average molecular weight is 244 g/mol. The number of aryl methyl sites for hydroxylation is 2. The number of para-hydroxylation sites is 1. The maximum Gasteiger partial charge on any atom is 0.128 e. The molecule has 94 valence electrons. The predicted molar refractivity (Wildman–Crippen MR) is 67.8 cm³/mol. The maximum atomic E-state index is 10.4. The Kier molecular flexibility index (Phi) is 2.84. The molecular formula is C15H16O3. The van der Waals surface area contributed by atoms with Crippen LogP contribution < -0.4 is 4.74 Å². The first kappa shape index (κ1) is 11.4. The molecule has 1 aliphatic rings. The SMILES string of the molecule is Cc1cc(C(O)c2cccc3c2OCCC3)co1. The zero-order chi connectivity index (χ0) is 12.5. The normalized spacial score (nSPS) is 15.9. The van der Waals surface area contributed by atoms with E-state index in [1.54, 1.807) is 6.26 Å². The van der Waals surface area contributed by atoms with Crippen LogP contribution in [0, 0.1) is 6.92 Å². The predicted octanol–water partition coefficient (Wildman–Crippen LogP) is 2.99. The van der Waals surface area contributed by atoms with E-state index in [9.17, 15) is 5.11 Å². The van der Waals surface area contributed by atoms with E-state index in [1.165, 1.54) is 5.56 Å². The summed E-state index contributed by atoms with van der Waals surface area (Å²) in [4.78, 5) is 0. The molecule has 1 unspecified atom stereocenters. The summed E-state index contributed by atoms with van der Waals surface area (Å²) in [5.41, 5.74) is 2.78. The lowest BCUT2D eigenvalue weighted by atomic mass is 9.97. The van der Waals surface area contributed by atoms with E-state index in [2.05, 4.69) is 6.07 Å². The van der Waals surface area contributed by atoms with Crippen LogP contribution >= 0.6 is 0 Å². The molecule has 3 nitrogen and oxygen atoms in total. The number of furan rings is 1. The number of aliphatic hydroxyl groups is 1. The second-order valence-corrected chi connectivity index (χ2v) is 4.68. The second-order valence-electron chi connectivity index (χ2n) is 4.68. The monoisotopic (exact) mass is 244 g/mol. The highest BCUT2D eigenvalue weighted by molar-refractivity contribution is 5.46. The van der Waals surface area contributed by atoms with Crippen LogP contribution in [0.2, 0.25) is 0 Å². The van der Waals surface area contributed by atoms with E-state index in [-0.39, 0.29) is 0 Å². The van der Waals surface area contributed by atoms with E-state index in [0.29, 0.717) is 0 Å². The third-order valence-corrected chi connectivity index (χ3v) is 3.33. The molecule has 0 spiro atoms. The van der Waals surface area contributed by atoms with Crippen molar-refractivity contribution >= 4 is 0 Å². The molecule has 1 atom stereocenters. The van der Waals surface area contributed by atoms with Gasteiger partial charge in [0.05, 0.1) is 12.9 Å². The number of benzene rings is 1. The second kappa shape index (κ2) is 4.50. The summed E-state index contributed by atoms with van der Waals surface area (Å²) >= 11 is 0. The highest BCUT2D eigenvalue weighted by Gasteiger charge is 2.21. The fourth-order valence-corrected chi connectivity index (χ4v) is 2.42. The highest BCUT2D eigenvalue weighted by atomic mass is 16.5. The summed E-state index contributed by atoms with van der Waals surface area (Å²) in [5, 5.41) is 10.4. The van der Waals surface area contributed by atoms with Gasteiger partial charge in [-0.05, 0) is 31.4 Å². The molecule has 0 amide bonds. The van der Waals surface area contributed by atoms with Gasteiger partial charge in [0, 0.05) is 11.1 Å². The minimum absolute atomic E-state index is 0.685. The Labute approximate surface area is 106 Å². The summed E-state index contributed by atoms with van der Waals surface area (Å²) in [5.74, 6) is 1.64. The van der Waals surface area contributed by atoms with Gasteiger partial charge in [-0.3, -0.25) is 0 Å². The molecule has 1 aliphatic heterocycles. The molecule has 1 N–H and O–H groups in total. The van der Waals surface area contributed by atoms with Gasteiger partial charge >= 0.3 is 0 Å². The molecule has 0 saturated carbocycles. The minimum Gasteiger partial charge on any atom is -0.493 e. The lowest BCUT2D eigenvalue weighted by Crippen LogP contribution is -2.12. The van der Waals surface area contributed by atoms with Gasteiger partial charge in [0.2, 0.25) is 0 Å². The summed E-state index contributed by atoms with van der Waals surface area (Å²) < 4.78 is 11.0. The van der Waals surface area contributed by atoms with E-state index < -0.39 is 6.10 Å². The van der Waals surface area contributed by atoms with Crippen molar-refractivity contribution in [2.75, 3.05) is 6.61 Å². The van der Waals surface area contributed by atoms with Crippen LogP contribution in [0.4, 0.5) is 0 Å². The molecule has 1 aromatic heterocycles. The summed E-state index contributed by atoms with van der Waals surface area (Å²) in [6.07, 6.45) is 2.97. The molecule has 0 fully saturated rings. The first-order valence-electron chi connectivity index (χ1n) is 6.23. The van der Waals surface area contributed by atoms with Crippen LogP contribution in [-0.4, -0.2) is 11.7 Å². The molecule has 1 aromatic carbocycles. The molecule has 0 saturated heterocycles. The molecule has 0 aliphatic carbocycles. The Bertz CT molecular complexity index is 557. The third-order valence-electron chi connectivity index (χ3n) is 3.33. The zero-order valence-corrected chi connectivity index (χ0v) is 10.3. The van der Waals surface area contributed by atoms with Gasteiger partial charge in [-0.15, -0.1) is 0 Å². The Morgan fingerprint density at radius 3 is 3.00 bits per heavy atom. The van der Waals surface area contributed by atoms with E-state index in [1.807, 2.05) is 25.1 Å². The largest absolute Gasteiger partial charge is 0.493 e. The van der Waals surface area contributed by atoms with Gasteiger partial charge < -0.3 is 14.3 Å². The van der Waals surface area contributed by atoms with E-state index >= 15 is 0 Å². The van der Waals surface area contributed by atoms with Gasteiger partial charge in [0.15, 0.2) is 0 Å². The number of fused-ring (bicyclic) bond motifs is 1. The summed E-state index contributed by atoms with van der Waals surface area (Å²) in [7, 11) is 0. The zero-order valence-electron chi connectivity index (χ0n) is 10.3. The number of hydrogen-bond acceptors (Lipinski definition) is 3. The van der Waals surface area contributed by atoms with Crippen molar-refractivity contribution in [3.05, 3.63) is 53.0 Å². The Morgan fingerprint density at radius 2 is 2.22 bits per heavy atom. The lowest BCUT2D eigenvalue weighted by molar-refractivity contribution is 0.206. The van der Waals surface area contributed by atoms with Crippen LogP contribution in [-0.2, 0) is 6.42 Å². The molecule has 2 aromatic rings. The van der Waals surface area contributed by atoms with Crippen LogP contribution in [0.25, 0.3) is 0 Å². The first-order chi connectivity index (χ1) is 8.75. The summed E-state index contributed by atoms with van der Waals surface area (Å²) in [6, 6.07) is 7.80. The molecule has 0 radical (unpaired) electrons. The molecular weight excluding hydrogens is 228 g/mol. The Hall–Kier alpha value is -1.74. The average Bonchev–Trinajstić information content (AvgIpc) is 2.84. The van der Waals surface area contributed by atoms with Gasteiger partial charge in [-0.1, -0.05) is 18.2 Å². The van der Waals surface area contributed by atoms with Crippen LogP contribution in [0.1, 0.15) is 35.0 Å². The van der Waals surface area contributed by atoms with Crippen molar-refractivity contribution in [3.8, 4) is 5.75 Å². The molecule has 3 rings (SSSR count). The van der Waals surface area contributed by atoms with Crippen molar-refractivity contribution in [2.24, 2.45) is 0 Å². The fraction of sp³-hybridized carbons (Fsp3) is 0.333. The number of ether oxygens (including phenoxy) is 1. The number of hydrogen-bond donors (Lipinski definition) is 1. The Morgan fingerprint density at radius 1 is 1.33 bits per heavy atom. The third kappa shape index (κ3) is 1.91. The minimum atomic E-state index is -0.685. The molecule has 3 heteroatoms. The molecule has 0 bridgehead atoms. The standard InChI is InChI=1S/C15H16O3/c1-10-8-12(9-18-10)14(16)13-6-2-4-11-5-3-7-17-15(11)13/h2,4,6,8-9,14,16H,3,5,7H2,1H3. The quantitative estimate of drug-likeness (QED) is 0.883. The molecule has 2 heterocycles. The van der Waals surface area contributed by atoms with Crippen LogP contribution in [0.15, 0.2) is 34.9 Å². The molecule has 18 heavy (non-hydrogen) atoms. The highest BCUT2D eigenvalue weighted by Crippen LogP contribution is 2.35. The Balaban J connectivity index is 2.01. The van der Waals surface area contributed by atoms with Crippen molar-refractivity contribution < 1.29 is 14.3 Å². The first-order valence-corrected chi connectivity index (χ1v) is 6.23. The van der Waals surface area contributed by atoms with Gasteiger partial charge in [-0.2, -0.15) is 0 Å². The van der Waals surface area contributed by atoms with E-state index in [4.69, 9.17) is 9.15 Å². The van der Waals surface area contributed by atoms with Gasteiger partial charge in [-0.25, -0.2) is 0 Å². The van der Waals surface area contributed by atoms with E-state index in [0.717, 1.165) is 42.1 Å². The smallest absolute Gasteiger partial charge is 0.128 e. The van der Waals surface area contributed by atoms with Crippen molar-refractivity contribution in [3.63, 3.8) is 0 Å². The lowest BCUT2D eigenvalue weighted by Gasteiger charge is -2.22. The van der Waals surface area contributed by atoms with Crippen molar-refractivity contribution in [2.45, 2.75) is 25.9 Å². The topological polar surface area (TPSA) is 42.6 Å². The van der Waals surface area contributed by atoms with Crippen LogP contribution in [0.3, 0.4) is 0 Å².